The van der Waals surface area contributed by atoms with Gasteiger partial charge >= 0.3 is 5.97 Å². The molecule has 0 bridgehead atoms. The molecular weight excluding hydrogens is 304 g/mol. The maximum Gasteiger partial charge on any atom is 0.305 e. The zero-order valence-electron chi connectivity index (χ0n) is 13.7. The van der Waals surface area contributed by atoms with Gasteiger partial charge in [0.2, 0.25) is 5.91 Å². The summed E-state index contributed by atoms with van der Waals surface area (Å²) in [6.45, 7) is 0. The topological polar surface area (TPSA) is 81.4 Å². The van der Waals surface area contributed by atoms with Gasteiger partial charge < -0.3 is 15.8 Å². The molecule has 2 rings (SSSR count). The van der Waals surface area contributed by atoms with Crippen molar-refractivity contribution in [2.24, 2.45) is 5.73 Å². The number of esters is 1. The Balaban J connectivity index is 1.86. The zero-order chi connectivity index (χ0) is 17.4. The van der Waals surface area contributed by atoms with Crippen molar-refractivity contribution in [2.45, 2.75) is 25.3 Å². The molecule has 0 saturated carbocycles. The van der Waals surface area contributed by atoms with E-state index in [2.05, 4.69) is 10.1 Å². The van der Waals surface area contributed by atoms with Crippen molar-refractivity contribution >= 4 is 17.6 Å². The Hall–Kier alpha value is -2.66. The van der Waals surface area contributed by atoms with Crippen LogP contribution in [-0.4, -0.2) is 25.0 Å². The lowest BCUT2D eigenvalue weighted by Crippen LogP contribution is -2.37. The maximum atomic E-state index is 12.2. The van der Waals surface area contributed by atoms with Crippen molar-refractivity contribution in [3.05, 3.63) is 65.7 Å². The number of methoxy groups -OCH3 is 1. The summed E-state index contributed by atoms with van der Waals surface area (Å²) in [5.41, 5.74) is 8.68. The molecule has 0 aromatic heterocycles. The number of rotatable bonds is 7. The second kappa shape index (κ2) is 8.84. The number of nitrogens with one attached hydrogen (secondary N) is 1. The fourth-order valence-corrected chi connectivity index (χ4v) is 2.30. The molecule has 0 aliphatic carbocycles. The van der Waals surface area contributed by atoms with Gasteiger partial charge in [-0.05, 0) is 36.1 Å². The van der Waals surface area contributed by atoms with Gasteiger partial charge in [-0.2, -0.15) is 0 Å². The third-order valence-electron chi connectivity index (χ3n) is 3.70. The van der Waals surface area contributed by atoms with E-state index < -0.39 is 6.04 Å². The van der Waals surface area contributed by atoms with Crippen LogP contribution in [0.4, 0.5) is 5.69 Å². The van der Waals surface area contributed by atoms with Crippen LogP contribution in [0.2, 0.25) is 0 Å². The first-order chi connectivity index (χ1) is 11.6. The highest BCUT2D eigenvalue weighted by molar-refractivity contribution is 5.94. The molecule has 126 valence electrons. The fourth-order valence-electron chi connectivity index (χ4n) is 2.30. The summed E-state index contributed by atoms with van der Waals surface area (Å²) in [7, 11) is 1.37. The highest BCUT2D eigenvalue weighted by Gasteiger charge is 2.14. The van der Waals surface area contributed by atoms with Crippen LogP contribution in [0, 0.1) is 0 Å². The minimum absolute atomic E-state index is 0.221. The molecule has 0 unspecified atom stereocenters. The molecule has 5 heteroatoms. The predicted molar refractivity (Wildman–Crippen MR) is 93.5 cm³/mol. The van der Waals surface area contributed by atoms with Gasteiger partial charge in [0.1, 0.15) is 0 Å². The zero-order valence-corrected chi connectivity index (χ0v) is 13.7. The molecule has 24 heavy (non-hydrogen) atoms. The lowest BCUT2D eigenvalue weighted by atomic mass is 10.1. The van der Waals surface area contributed by atoms with Gasteiger partial charge in [0.15, 0.2) is 0 Å². The number of carbonyl (C=O) groups is 2. The number of nitrogens with two attached hydrogens (primary N) is 1. The Morgan fingerprint density at radius 1 is 1.04 bits per heavy atom. The maximum absolute atomic E-state index is 12.2. The summed E-state index contributed by atoms with van der Waals surface area (Å²) < 4.78 is 4.61. The first kappa shape index (κ1) is 17.7. The van der Waals surface area contributed by atoms with Crippen LogP contribution in [0.25, 0.3) is 0 Å². The predicted octanol–water partition coefficient (Wildman–Crippen LogP) is 2.30. The molecule has 1 atom stereocenters. The van der Waals surface area contributed by atoms with E-state index in [0.29, 0.717) is 24.9 Å². The molecule has 0 spiro atoms. The first-order valence-electron chi connectivity index (χ1n) is 7.84. The molecule has 0 saturated heterocycles. The fraction of sp³-hybridized carbons (Fsp3) is 0.263. The molecule has 2 aromatic carbocycles. The molecule has 5 nitrogen and oxygen atoms in total. The number of anilines is 1. The summed E-state index contributed by atoms with van der Waals surface area (Å²) in [6, 6.07) is 16.4. The van der Waals surface area contributed by atoms with E-state index in [1.807, 2.05) is 42.5 Å². The number of ether oxygens (including phenoxy) is 1. The van der Waals surface area contributed by atoms with Crippen molar-refractivity contribution in [2.75, 3.05) is 12.4 Å². The standard InChI is InChI=1S/C19H22N2O3/c1-24-18(22)12-9-14-7-10-16(11-8-14)21-19(23)17(20)13-15-5-3-2-4-6-15/h2-8,10-11,17H,9,12-13,20H2,1H3,(H,21,23)/t17-/m0/s1. The van der Waals surface area contributed by atoms with Gasteiger partial charge in [-0.3, -0.25) is 9.59 Å². The largest absolute Gasteiger partial charge is 0.469 e. The number of amides is 1. The van der Waals surface area contributed by atoms with Crippen molar-refractivity contribution in [1.29, 1.82) is 0 Å². The molecular formula is C19H22N2O3. The second-order valence-electron chi connectivity index (χ2n) is 5.56. The Labute approximate surface area is 141 Å². The van der Waals surface area contributed by atoms with Gasteiger partial charge in [-0.1, -0.05) is 42.5 Å². The second-order valence-corrected chi connectivity index (χ2v) is 5.56. The van der Waals surface area contributed by atoms with E-state index >= 15 is 0 Å². The van der Waals surface area contributed by atoms with Gasteiger partial charge in [0, 0.05) is 12.1 Å². The van der Waals surface area contributed by atoms with E-state index in [4.69, 9.17) is 5.73 Å². The van der Waals surface area contributed by atoms with E-state index in [0.717, 1.165) is 11.1 Å². The Morgan fingerprint density at radius 3 is 2.33 bits per heavy atom. The molecule has 3 N–H and O–H groups in total. The summed E-state index contributed by atoms with van der Waals surface area (Å²) in [5, 5.41) is 2.81. The van der Waals surface area contributed by atoms with Gasteiger partial charge in [-0.25, -0.2) is 0 Å². The van der Waals surface area contributed by atoms with Crippen LogP contribution in [0.5, 0.6) is 0 Å². The minimum Gasteiger partial charge on any atom is -0.469 e. The number of hydrogen-bond donors (Lipinski definition) is 2. The average Bonchev–Trinajstić information content (AvgIpc) is 2.61. The Kier molecular flexibility index (Phi) is 6.51. The van der Waals surface area contributed by atoms with Crippen LogP contribution in [0.3, 0.4) is 0 Å². The Bertz CT molecular complexity index is 669. The number of hydrogen-bond acceptors (Lipinski definition) is 4. The van der Waals surface area contributed by atoms with Crippen LogP contribution in [-0.2, 0) is 27.2 Å². The van der Waals surface area contributed by atoms with E-state index in [1.54, 1.807) is 12.1 Å². The third kappa shape index (κ3) is 5.52. The van der Waals surface area contributed by atoms with Crippen molar-refractivity contribution in [3.63, 3.8) is 0 Å². The normalized spacial score (nSPS) is 11.6. The van der Waals surface area contributed by atoms with Gasteiger partial charge in [0.05, 0.1) is 13.2 Å². The number of benzene rings is 2. The van der Waals surface area contributed by atoms with Crippen LogP contribution in [0.15, 0.2) is 54.6 Å². The lowest BCUT2D eigenvalue weighted by molar-refractivity contribution is -0.140. The molecule has 0 aliphatic rings. The highest BCUT2D eigenvalue weighted by atomic mass is 16.5. The molecule has 0 fully saturated rings. The summed E-state index contributed by atoms with van der Waals surface area (Å²) in [6.07, 6.45) is 1.43. The SMILES string of the molecule is COC(=O)CCc1ccc(NC(=O)[C@@H](N)Cc2ccccc2)cc1. The third-order valence-corrected chi connectivity index (χ3v) is 3.70. The summed E-state index contributed by atoms with van der Waals surface area (Å²) in [5.74, 6) is -0.458. The van der Waals surface area contributed by atoms with Crippen molar-refractivity contribution in [3.8, 4) is 0 Å². The van der Waals surface area contributed by atoms with Crippen LogP contribution in [0.1, 0.15) is 17.5 Å². The van der Waals surface area contributed by atoms with Crippen molar-refractivity contribution < 1.29 is 14.3 Å². The lowest BCUT2D eigenvalue weighted by Gasteiger charge is -2.12. The van der Waals surface area contributed by atoms with E-state index in [-0.39, 0.29) is 11.9 Å². The van der Waals surface area contributed by atoms with Gasteiger partial charge in [0.25, 0.3) is 0 Å². The van der Waals surface area contributed by atoms with Crippen LogP contribution >= 0.6 is 0 Å². The van der Waals surface area contributed by atoms with E-state index in [1.165, 1.54) is 7.11 Å². The first-order valence-corrected chi connectivity index (χ1v) is 7.84. The van der Waals surface area contributed by atoms with Crippen molar-refractivity contribution in [1.82, 2.24) is 0 Å². The van der Waals surface area contributed by atoms with Crippen LogP contribution < -0.4 is 11.1 Å². The number of aryl methyl sites for hydroxylation is 1. The quantitative estimate of drug-likeness (QED) is 0.765. The minimum atomic E-state index is -0.605. The van der Waals surface area contributed by atoms with E-state index in [9.17, 15) is 9.59 Å². The smallest absolute Gasteiger partial charge is 0.305 e. The molecule has 1 amide bonds. The number of carbonyl (C=O) groups excluding carboxylic acids is 2. The molecule has 0 radical (unpaired) electrons. The van der Waals surface area contributed by atoms with Gasteiger partial charge in [-0.15, -0.1) is 0 Å². The highest BCUT2D eigenvalue weighted by Crippen LogP contribution is 2.12. The summed E-state index contributed by atoms with van der Waals surface area (Å²) >= 11 is 0. The molecule has 0 aliphatic heterocycles. The molecule has 0 heterocycles. The summed E-state index contributed by atoms with van der Waals surface area (Å²) in [4.78, 5) is 23.3. The molecule has 2 aromatic rings. The Morgan fingerprint density at radius 2 is 1.71 bits per heavy atom. The monoisotopic (exact) mass is 326 g/mol. The average molecular weight is 326 g/mol.